The quantitative estimate of drug-likeness (QED) is 0.462. The number of aliphatic hydroxyl groups is 1. The number of rotatable bonds is 1. The Kier molecular flexibility index (Phi) is 1.91. The molecular formula is C7H7ClN4O. The van der Waals surface area contributed by atoms with E-state index in [9.17, 15) is 0 Å². The van der Waals surface area contributed by atoms with Crippen LogP contribution in [-0.2, 0) is 0 Å². The van der Waals surface area contributed by atoms with Gasteiger partial charge in [-0.25, -0.2) is 4.98 Å². The topological polar surface area (TPSA) is 87.8 Å². The van der Waals surface area contributed by atoms with Gasteiger partial charge in [0, 0.05) is 11.6 Å². The molecule has 6 heteroatoms. The van der Waals surface area contributed by atoms with E-state index in [-0.39, 0.29) is 5.28 Å². The zero-order valence-corrected chi connectivity index (χ0v) is 7.28. The molecule has 0 saturated carbocycles. The number of aromatic amines is 1. The molecule has 68 valence electrons. The van der Waals surface area contributed by atoms with Gasteiger partial charge in [-0.05, 0) is 17.7 Å². The molecule has 2 aromatic heterocycles. The smallest absolute Gasteiger partial charge is 0.224 e. The first-order valence-corrected chi connectivity index (χ1v) is 3.99. The number of nitrogens with two attached hydrogens (primary N) is 1. The molecule has 0 aliphatic heterocycles. The van der Waals surface area contributed by atoms with Crippen molar-refractivity contribution in [2.75, 3.05) is 0 Å². The summed E-state index contributed by atoms with van der Waals surface area (Å²) in [5.41, 5.74) is 6.32. The van der Waals surface area contributed by atoms with E-state index in [0.29, 0.717) is 11.3 Å². The molecule has 0 radical (unpaired) electrons. The van der Waals surface area contributed by atoms with E-state index in [4.69, 9.17) is 22.4 Å². The summed E-state index contributed by atoms with van der Waals surface area (Å²) in [5.74, 6) is 0. The van der Waals surface area contributed by atoms with Crippen molar-refractivity contribution in [2.24, 2.45) is 5.73 Å². The zero-order valence-electron chi connectivity index (χ0n) is 6.53. The third-order valence-corrected chi connectivity index (χ3v) is 1.86. The number of aromatic nitrogens is 3. The van der Waals surface area contributed by atoms with Gasteiger partial charge in [-0.1, -0.05) is 0 Å². The van der Waals surface area contributed by atoms with Gasteiger partial charge in [0.15, 0.2) is 0 Å². The third-order valence-electron chi connectivity index (χ3n) is 1.68. The van der Waals surface area contributed by atoms with Gasteiger partial charge in [-0.3, -0.25) is 0 Å². The van der Waals surface area contributed by atoms with Crippen molar-refractivity contribution < 1.29 is 5.11 Å². The van der Waals surface area contributed by atoms with E-state index < -0.39 is 6.23 Å². The van der Waals surface area contributed by atoms with Crippen LogP contribution in [0.1, 0.15) is 11.9 Å². The molecule has 2 heterocycles. The highest BCUT2D eigenvalue weighted by Crippen LogP contribution is 2.16. The number of H-pyrrole nitrogens is 1. The number of halogens is 1. The van der Waals surface area contributed by atoms with Gasteiger partial charge in [0.25, 0.3) is 0 Å². The summed E-state index contributed by atoms with van der Waals surface area (Å²) in [6, 6.07) is 1.68. The third kappa shape index (κ3) is 1.49. The normalized spacial score (nSPS) is 13.5. The molecule has 0 aliphatic rings. The van der Waals surface area contributed by atoms with Gasteiger partial charge in [0.1, 0.15) is 11.9 Å². The molecule has 0 aliphatic carbocycles. The molecule has 2 rings (SSSR count). The second kappa shape index (κ2) is 2.95. The number of nitrogens with zero attached hydrogens (tertiary/aromatic N) is 2. The van der Waals surface area contributed by atoms with Crippen molar-refractivity contribution in [3.05, 3.63) is 23.2 Å². The molecule has 0 bridgehead atoms. The van der Waals surface area contributed by atoms with Crippen LogP contribution in [0.25, 0.3) is 11.0 Å². The summed E-state index contributed by atoms with van der Waals surface area (Å²) >= 11 is 5.57. The number of aliphatic hydroxyl groups excluding tert-OH is 1. The summed E-state index contributed by atoms with van der Waals surface area (Å²) in [4.78, 5) is 10.5. The minimum atomic E-state index is -1.03. The molecule has 1 atom stereocenters. The van der Waals surface area contributed by atoms with E-state index in [1.54, 1.807) is 12.3 Å². The van der Waals surface area contributed by atoms with Gasteiger partial charge in [-0.15, -0.1) is 0 Å². The Morgan fingerprint density at radius 3 is 3.08 bits per heavy atom. The van der Waals surface area contributed by atoms with Crippen molar-refractivity contribution in [3.8, 4) is 0 Å². The molecule has 2 aromatic rings. The van der Waals surface area contributed by atoms with E-state index in [0.717, 1.165) is 5.39 Å². The van der Waals surface area contributed by atoms with Crippen LogP contribution in [0.4, 0.5) is 0 Å². The maximum absolute atomic E-state index is 9.06. The van der Waals surface area contributed by atoms with Crippen molar-refractivity contribution in [3.63, 3.8) is 0 Å². The van der Waals surface area contributed by atoms with Gasteiger partial charge >= 0.3 is 0 Å². The molecule has 0 spiro atoms. The predicted molar refractivity (Wildman–Crippen MR) is 48.0 cm³/mol. The Morgan fingerprint density at radius 1 is 1.62 bits per heavy atom. The highest BCUT2D eigenvalue weighted by atomic mass is 35.5. The van der Waals surface area contributed by atoms with E-state index in [1.165, 1.54) is 0 Å². The van der Waals surface area contributed by atoms with Gasteiger partial charge in [0.2, 0.25) is 5.28 Å². The number of nitrogens with one attached hydrogen (secondary N) is 1. The summed E-state index contributed by atoms with van der Waals surface area (Å²) in [6.07, 6.45) is 0.528. The van der Waals surface area contributed by atoms with Gasteiger partial charge in [0.05, 0.1) is 5.69 Å². The average Bonchev–Trinajstić information content (AvgIpc) is 2.46. The fourth-order valence-electron chi connectivity index (χ4n) is 1.08. The Balaban J connectivity index is 2.62. The van der Waals surface area contributed by atoms with Crippen LogP contribution < -0.4 is 5.73 Å². The van der Waals surface area contributed by atoms with E-state index in [1.807, 2.05) is 0 Å². The molecule has 0 amide bonds. The summed E-state index contributed by atoms with van der Waals surface area (Å²) < 4.78 is 0. The fraction of sp³-hybridized carbons (Fsp3) is 0.143. The second-order valence-corrected chi connectivity index (χ2v) is 2.95. The minimum absolute atomic E-state index is 0.160. The average molecular weight is 199 g/mol. The van der Waals surface area contributed by atoms with Gasteiger partial charge in [-0.2, -0.15) is 4.98 Å². The monoisotopic (exact) mass is 198 g/mol. The molecule has 13 heavy (non-hydrogen) atoms. The first-order chi connectivity index (χ1) is 6.16. The largest absolute Gasteiger partial charge is 0.373 e. The lowest BCUT2D eigenvalue weighted by Crippen LogP contribution is -2.08. The van der Waals surface area contributed by atoms with Gasteiger partial charge < -0.3 is 15.8 Å². The lowest BCUT2D eigenvalue weighted by molar-refractivity contribution is 0.182. The molecule has 0 saturated heterocycles. The highest BCUT2D eigenvalue weighted by molar-refractivity contribution is 6.28. The molecule has 0 fully saturated rings. The molecule has 0 aromatic carbocycles. The summed E-state index contributed by atoms with van der Waals surface area (Å²) in [6.45, 7) is 0. The van der Waals surface area contributed by atoms with Crippen LogP contribution in [0, 0.1) is 0 Å². The van der Waals surface area contributed by atoms with Crippen molar-refractivity contribution in [1.82, 2.24) is 15.0 Å². The molecule has 1 unspecified atom stereocenters. The lowest BCUT2D eigenvalue weighted by Gasteiger charge is -1.97. The molecule has 5 nitrogen and oxygen atoms in total. The first kappa shape index (κ1) is 8.43. The zero-order chi connectivity index (χ0) is 9.42. The number of fused-ring (bicyclic) bond motifs is 1. The molecule has 4 N–H and O–H groups in total. The highest BCUT2D eigenvalue weighted by Gasteiger charge is 2.07. The van der Waals surface area contributed by atoms with Crippen molar-refractivity contribution >= 4 is 22.6 Å². The predicted octanol–water partition coefficient (Wildman–Crippen LogP) is 0.561. The van der Waals surface area contributed by atoms with Crippen LogP contribution in [0.15, 0.2) is 12.3 Å². The van der Waals surface area contributed by atoms with Crippen molar-refractivity contribution in [2.45, 2.75) is 6.23 Å². The Morgan fingerprint density at radius 2 is 2.38 bits per heavy atom. The minimum Gasteiger partial charge on any atom is -0.373 e. The maximum atomic E-state index is 9.06. The van der Waals surface area contributed by atoms with Crippen LogP contribution in [-0.4, -0.2) is 20.1 Å². The lowest BCUT2D eigenvalue weighted by atomic mass is 10.3. The first-order valence-electron chi connectivity index (χ1n) is 3.61. The van der Waals surface area contributed by atoms with Crippen LogP contribution >= 0.6 is 11.6 Å². The van der Waals surface area contributed by atoms with Crippen LogP contribution in [0.3, 0.4) is 0 Å². The Labute approximate surface area is 78.6 Å². The number of hydrogen-bond acceptors (Lipinski definition) is 4. The molecular weight excluding hydrogens is 192 g/mol. The Hall–Kier alpha value is -1.17. The van der Waals surface area contributed by atoms with Crippen molar-refractivity contribution in [1.29, 1.82) is 0 Å². The Bertz CT molecular complexity index is 439. The fourth-order valence-corrected chi connectivity index (χ4v) is 1.21. The van der Waals surface area contributed by atoms with E-state index in [2.05, 4.69) is 15.0 Å². The van der Waals surface area contributed by atoms with Crippen LogP contribution in [0.2, 0.25) is 5.28 Å². The number of hydrogen-bond donors (Lipinski definition) is 3. The SMILES string of the molecule is NC(O)c1cc2cnc(Cl)nc2[nH]1. The maximum Gasteiger partial charge on any atom is 0.224 e. The van der Waals surface area contributed by atoms with E-state index >= 15 is 0 Å². The summed E-state index contributed by atoms with van der Waals surface area (Å²) in [5, 5.41) is 9.99. The van der Waals surface area contributed by atoms with Crippen LogP contribution in [0.5, 0.6) is 0 Å². The second-order valence-electron chi connectivity index (χ2n) is 2.61. The summed E-state index contributed by atoms with van der Waals surface area (Å²) in [7, 11) is 0. The standard InChI is InChI=1S/C7H7ClN4O/c8-7-10-2-3-1-4(5(9)13)11-6(3)12-7/h1-2,5,13H,9H2,(H,10,11,12).